The van der Waals surface area contributed by atoms with Crippen LogP contribution in [-0.4, -0.2) is 37.2 Å². The van der Waals surface area contributed by atoms with Crippen LogP contribution in [0.4, 0.5) is 0 Å². The maximum atomic E-state index is 12.3. The normalized spacial score (nSPS) is 11.8. The van der Waals surface area contributed by atoms with Crippen LogP contribution in [0.15, 0.2) is 0 Å². The van der Waals surface area contributed by atoms with E-state index in [9.17, 15) is 14.4 Å². The van der Waals surface area contributed by atoms with Gasteiger partial charge in [0.15, 0.2) is 6.10 Å². The van der Waals surface area contributed by atoms with Crippen LogP contribution in [0.2, 0.25) is 0 Å². The van der Waals surface area contributed by atoms with Crippen LogP contribution in [0.5, 0.6) is 0 Å². The molecule has 0 bridgehead atoms. The van der Waals surface area contributed by atoms with E-state index in [0.29, 0.717) is 12.8 Å². The maximum Gasteiger partial charge on any atom is 0.306 e. The van der Waals surface area contributed by atoms with Gasteiger partial charge in [-0.05, 0) is 12.8 Å². The van der Waals surface area contributed by atoms with E-state index in [1.165, 1.54) is 110 Å². The van der Waals surface area contributed by atoms with Crippen LogP contribution in [-0.2, 0) is 28.6 Å². The van der Waals surface area contributed by atoms with Gasteiger partial charge in [0.25, 0.3) is 0 Å². The summed E-state index contributed by atoms with van der Waals surface area (Å²) in [6.07, 6.45) is 26.8. The fourth-order valence-electron chi connectivity index (χ4n) is 4.70. The first kappa shape index (κ1) is 37.4. The highest BCUT2D eigenvalue weighted by Crippen LogP contribution is 2.14. The summed E-state index contributed by atoms with van der Waals surface area (Å²) in [5, 5.41) is 0. The molecule has 0 fully saturated rings. The topological polar surface area (TPSA) is 78.9 Å². The summed E-state index contributed by atoms with van der Waals surface area (Å²) in [6, 6.07) is 0. The Bertz CT molecular complexity index is 577. The average molecular weight is 555 g/mol. The molecule has 0 aromatic rings. The lowest BCUT2D eigenvalue weighted by molar-refractivity contribution is -0.166. The summed E-state index contributed by atoms with van der Waals surface area (Å²) in [6.45, 7) is 5.63. The molecule has 0 radical (unpaired) electrons. The van der Waals surface area contributed by atoms with Crippen molar-refractivity contribution in [2.45, 2.75) is 181 Å². The second kappa shape index (κ2) is 29.4. The molecule has 0 spiro atoms. The maximum absolute atomic E-state index is 12.3. The summed E-state index contributed by atoms with van der Waals surface area (Å²) >= 11 is 0. The van der Waals surface area contributed by atoms with Crippen LogP contribution >= 0.6 is 0 Å². The van der Waals surface area contributed by atoms with Crippen LogP contribution in [0, 0.1) is 0 Å². The first-order chi connectivity index (χ1) is 19.0. The van der Waals surface area contributed by atoms with Gasteiger partial charge in [0, 0.05) is 19.8 Å². The smallest absolute Gasteiger partial charge is 0.306 e. The van der Waals surface area contributed by atoms with E-state index in [0.717, 1.165) is 38.5 Å². The summed E-state index contributed by atoms with van der Waals surface area (Å²) in [5.74, 6) is -1.07. The highest BCUT2D eigenvalue weighted by atomic mass is 16.6. The standard InChI is InChI=1S/C33H62O6/c1-4-6-8-10-12-14-16-18-20-22-24-26-32(35)38-29-31(28-37-30(3)34)39-33(36)27-25-23-21-19-17-15-13-11-9-7-5-2/h31H,4-29H2,1-3H3/t31-/m0/s1. The van der Waals surface area contributed by atoms with Crippen molar-refractivity contribution in [1.29, 1.82) is 0 Å². The van der Waals surface area contributed by atoms with Crippen molar-refractivity contribution >= 4 is 17.9 Å². The van der Waals surface area contributed by atoms with Gasteiger partial charge < -0.3 is 14.2 Å². The van der Waals surface area contributed by atoms with E-state index < -0.39 is 12.1 Å². The highest BCUT2D eigenvalue weighted by molar-refractivity contribution is 5.70. The van der Waals surface area contributed by atoms with Gasteiger partial charge in [0.2, 0.25) is 0 Å². The molecule has 0 aliphatic rings. The third-order valence-electron chi connectivity index (χ3n) is 7.17. The monoisotopic (exact) mass is 554 g/mol. The third-order valence-corrected chi connectivity index (χ3v) is 7.17. The number of hydrogen-bond donors (Lipinski definition) is 0. The van der Waals surface area contributed by atoms with Gasteiger partial charge >= 0.3 is 17.9 Å². The van der Waals surface area contributed by atoms with Crippen molar-refractivity contribution in [1.82, 2.24) is 0 Å². The molecule has 0 aromatic carbocycles. The van der Waals surface area contributed by atoms with E-state index in [1.807, 2.05) is 0 Å². The molecule has 0 amide bonds. The SMILES string of the molecule is CCCCCCCCCCCCCC(=O)OC[C@H](COC(C)=O)OC(=O)CCCCCCCCCCCCC. The molecule has 0 unspecified atom stereocenters. The fraction of sp³-hybridized carbons (Fsp3) is 0.909. The van der Waals surface area contributed by atoms with Gasteiger partial charge in [-0.2, -0.15) is 0 Å². The summed E-state index contributed by atoms with van der Waals surface area (Å²) in [4.78, 5) is 35.6. The molecule has 230 valence electrons. The Morgan fingerprint density at radius 1 is 0.462 bits per heavy atom. The summed E-state index contributed by atoms with van der Waals surface area (Å²) in [5.41, 5.74) is 0. The van der Waals surface area contributed by atoms with Gasteiger partial charge in [-0.3, -0.25) is 14.4 Å². The number of rotatable bonds is 29. The molecular weight excluding hydrogens is 492 g/mol. The summed E-state index contributed by atoms with van der Waals surface area (Å²) < 4.78 is 15.8. The van der Waals surface area contributed by atoms with Crippen molar-refractivity contribution < 1.29 is 28.6 Å². The molecule has 0 saturated heterocycles. The predicted octanol–water partition coefficient (Wildman–Crippen LogP) is 9.41. The quantitative estimate of drug-likeness (QED) is 0.0520. The molecule has 0 heterocycles. The van der Waals surface area contributed by atoms with Crippen LogP contribution in [0.25, 0.3) is 0 Å². The Hall–Kier alpha value is -1.59. The molecule has 0 saturated carbocycles. The van der Waals surface area contributed by atoms with Crippen LogP contribution in [0.3, 0.4) is 0 Å². The second-order valence-electron chi connectivity index (χ2n) is 11.2. The predicted molar refractivity (Wildman–Crippen MR) is 160 cm³/mol. The lowest BCUT2D eigenvalue weighted by Crippen LogP contribution is -2.30. The third kappa shape index (κ3) is 29.2. The van der Waals surface area contributed by atoms with Gasteiger partial charge in [-0.25, -0.2) is 0 Å². The Labute approximate surface area is 240 Å². The number of ether oxygens (including phenoxy) is 3. The number of carbonyl (C=O) groups excluding carboxylic acids is 3. The van der Waals surface area contributed by atoms with E-state index in [2.05, 4.69) is 13.8 Å². The lowest BCUT2D eigenvalue weighted by Gasteiger charge is -2.18. The van der Waals surface area contributed by atoms with Gasteiger partial charge in [-0.15, -0.1) is 0 Å². The summed E-state index contributed by atoms with van der Waals surface area (Å²) in [7, 11) is 0. The molecule has 6 nitrogen and oxygen atoms in total. The first-order valence-electron chi connectivity index (χ1n) is 16.5. The molecule has 0 aliphatic heterocycles. The largest absolute Gasteiger partial charge is 0.462 e. The van der Waals surface area contributed by atoms with Gasteiger partial charge in [-0.1, -0.05) is 142 Å². The molecule has 0 rings (SSSR count). The van der Waals surface area contributed by atoms with E-state index in [4.69, 9.17) is 14.2 Å². The Balaban J connectivity index is 3.90. The molecule has 6 heteroatoms. The van der Waals surface area contributed by atoms with Crippen LogP contribution < -0.4 is 0 Å². The van der Waals surface area contributed by atoms with Crippen LogP contribution in [0.1, 0.15) is 175 Å². The molecule has 0 N–H and O–H groups in total. The highest BCUT2D eigenvalue weighted by Gasteiger charge is 2.18. The number of esters is 3. The van der Waals surface area contributed by atoms with Crippen molar-refractivity contribution in [3.63, 3.8) is 0 Å². The lowest BCUT2D eigenvalue weighted by atomic mass is 10.1. The minimum atomic E-state index is -0.754. The van der Waals surface area contributed by atoms with E-state index in [-0.39, 0.29) is 25.2 Å². The average Bonchev–Trinajstić information content (AvgIpc) is 2.91. The number of unbranched alkanes of at least 4 members (excludes halogenated alkanes) is 20. The number of carbonyl (C=O) groups is 3. The minimum Gasteiger partial charge on any atom is -0.462 e. The van der Waals surface area contributed by atoms with Gasteiger partial charge in [0.05, 0.1) is 0 Å². The Morgan fingerprint density at radius 3 is 1.18 bits per heavy atom. The Kier molecular flexibility index (Phi) is 28.2. The number of hydrogen-bond acceptors (Lipinski definition) is 6. The molecule has 0 aromatic heterocycles. The van der Waals surface area contributed by atoms with E-state index in [1.54, 1.807) is 0 Å². The zero-order chi connectivity index (χ0) is 28.8. The van der Waals surface area contributed by atoms with Gasteiger partial charge in [0.1, 0.15) is 13.2 Å². The fourth-order valence-corrected chi connectivity index (χ4v) is 4.70. The second-order valence-corrected chi connectivity index (χ2v) is 11.2. The molecule has 1 atom stereocenters. The zero-order valence-electron chi connectivity index (χ0n) is 25.9. The Morgan fingerprint density at radius 2 is 0.795 bits per heavy atom. The van der Waals surface area contributed by atoms with Crippen molar-refractivity contribution in [3.8, 4) is 0 Å². The molecule has 0 aliphatic carbocycles. The van der Waals surface area contributed by atoms with Crippen molar-refractivity contribution in [2.75, 3.05) is 13.2 Å². The van der Waals surface area contributed by atoms with Crippen molar-refractivity contribution in [2.24, 2.45) is 0 Å². The first-order valence-corrected chi connectivity index (χ1v) is 16.5. The van der Waals surface area contributed by atoms with Crippen molar-refractivity contribution in [3.05, 3.63) is 0 Å². The molecule has 39 heavy (non-hydrogen) atoms. The van der Waals surface area contributed by atoms with E-state index >= 15 is 0 Å². The zero-order valence-corrected chi connectivity index (χ0v) is 25.9. The molecular formula is C33H62O6. The minimum absolute atomic E-state index is 0.0753.